The van der Waals surface area contributed by atoms with Crippen LogP contribution < -0.4 is 11.1 Å². The van der Waals surface area contributed by atoms with Crippen LogP contribution in [0.3, 0.4) is 0 Å². The van der Waals surface area contributed by atoms with Crippen molar-refractivity contribution in [2.45, 2.75) is 13.8 Å². The second-order valence-electron chi connectivity index (χ2n) is 3.14. The van der Waals surface area contributed by atoms with E-state index in [1.807, 2.05) is 26.0 Å². The lowest BCUT2D eigenvalue weighted by Gasteiger charge is -2.03. The van der Waals surface area contributed by atoms with Crippen molar-refractivity contribution in [2.24, 2.45) is 0 Å². The highest BCUT2D eigenvalue weighted by atomic mass is 32.1. The Morgan fingerprint density at radius 2 is 2.07 bits per heavy atom. The Hall–Kier alpha value is -1.69. The number of hydrogen-bond donors (Lipinski definition) is 2. The molecule has 3 N–H and O–H groups in total. The van der Waals surface area contributed by atoms with Crippen LogP contribution in [0.15, 0.2) is 12.1 Å². The molecule has 15 heavy (non-hydrogen) atoms. The van der Waals surface area contributed by atoms with Crippen LogP contribution >= 0.6 is 11.5 Å². The van der Waals surface area contributed by atoms with E-state index in [0.717, 1.165) is 22.5 Å². The summed E-state index contributed by atoms with van der Waals surface area (Å²) < 4.78 is 4.07. The SMILES string of the molecule is Cc1nsc(Nc2ccc(N)c(C)n2)n1. The number of nitrogens with zero attached hydrogens (tertiary/aromatic N) is 3. The van der Waals surface area contributed by atoms with Gasteiger partial charge in [-0.3, -0.25) is 0 Å². The highest BCUT2D eigenvalue weighted by molar-refractivity contribution is 7.09. The van der Waals surface area contributed by atoms with Gasteiger partial charge >= 0.3 is 0 Å². The summed E-state index contributed by atoms with van der Waals surface area (Å²) >= 11 is 1.31. The molecule has 0 amide bonds. The van der Waals surface area contributed by atoms with Gasteiger partial charge in [-0.25, -0.2) is 9.97 Å². The predicted octanol–water partition coefficient (Wildman–Crippen LogP) is 1.88. The molecule has 5 nitrogen and oxygen atoms in total. The van der Waals surface area contributed by atoms with Gasteiger partial charge in [-0.05, 0) is 26.0 Å². The van der Waals surface area contributed by atoms with Crippen molar-refractivity contribution >= 4 is 28.2 Å². The van der Waals surface area contributed by atoms with Crippen molar-refractivity contribution in [1.82, 2.24) is 14.3 Å². The highest BCUT2D eigenvalue weighted by Gasteiger charge is 2.02. The first-order chi connectivity index (χ1) is 7.15. The van der Waals surface area contributed by atoms with Crippen LogP contribution in [0.25, 0.3) is 0 Å². The molecule has 0 saturated heterocycles. The van der Waals surface area contributed by atoms with Gasteiger partial charge in [0.2, 0.25) is 5.13 Å². The first kappa shape index (κ1) is 9.85. The molecule has 0 aromatic carbocycles. The number of nitrogens with two attached hydrogens (primary N) is 1. The summed E-state index contributed by atoms with van der Waals surface area (Å²) in [4.78, 5) is 8.46. The standard InChI is InChI=1S/C9H11N5S/c1-5-7(10)3-4-8(11-5)13-9-12-6(2)14-15-9/h3-4H,10H2,1-2H3,(H,11,12,13,14). The van der Waals surface area contributed by atoms with E-state index < -0.39 is 0 Å². The molecule has 0 atom stereocenters. The molecule has 2 rings (SSSR count). The van der Waals surface area contributed by atoms with Crippen LogP contribution in [0.5, 0.6) is 0 Å². The van der Waals surface area contributed by atoms with Crippen molar-refractivity contribution in [3.63, 3.8) is 0 Å². The Bertz CT molecular complexity index is 479. The largest absolute Gasteiger partial charge is 0.397 e. The van der Waals surface area contributed by atoms with E-state index in [1.54, 1.807) is 0 Å². The zero-order chi connectivity index (χ0) is 10.8. The number of nitrogens with one attached hydrogen (secondary N) is 1. The third kappa shape index (κ3) is 2.21. The predicted molar refractivity (Wildman–Crippen MR) is 61.3 cm³/mol. The van der Waals surface area contributed by atoms with E-state index in [1.165, 1.54) is 11.5 Å². The molecule has 0 bridgehead atoms. The number of aryl methyl sites for hydroxylation is 2. The van der Waals surface area contributed by atoms with Gasteiger partial charge in [0.15, 0.2) is 0 Å². The third-order valence-electron chi connectivity index (χ3n) is 1.89. The number of pyridine rings is 1. The highest BCUT2D eigenvalue weighted by Crippen LogP contribution is 2.18. The quantitative estimate of drug-likeness (QED) is 0.809. The maximum Gasteiger partial charge on any atom is 0.208 e. The summed E-state index contributed by atoms with van der Waals surface area (Å²) in [6, 6.07) is 3.64. The first-order valence-electron chi connectivity index (χ1n) is 4.45. The van der Waals surface area contributed by atoms with Crippen molar-refractivity contribution in [1.29, 1.82) is 0 Å². The molecular formula is C9H11N5S. The Balaban J connectivity index is 2.21. The Kier molecular flexibility index (Phi) is 2.51. The van der Waals surface area contributed by atoms with Crippen LogP contribution in [0.4, 0.5) is 16.6 Å². The molecule has 0 unspecified atom stereocenters. The van der Waals surface area contributed by atoms with E-state index in [0.29, 0.717) is 5.69 Å². The van der Waals surface area contributed by atoms with E-state index >= 15 is 0 Å². The summed E-state index contributed by atoms with van der Waals surface area (Å²) in [5, 5.41) is 3.81. The van der Waals surface area contributed by atoms with Gasteiger partial charge < -0.3 is 11.1 Å². The lowest BCUT2D eigenvalue weighted by Crippen LogP contribution is -1.97. The van der Waals surface area contributed by atoms with Gasteiger partial charge in [0.25, 0.3) is 0 Å². The number of anilines is 3. The van der Waals surface area contributed by atoms with Crippen molar-refractivity contribution in [3.05, 3.63) is 23.7 Å². The summed E-state index contributed by atoms with van der Waals surface area (Å²) in [7, 11) is 0. The van der Waals surface area contributed by atoms with Gasteiger partial charge in [-0.1, -0.05) is 0 Å². The van der Waals surface area contributed by atoms with Gasteiger partial charge in [0.05, 0.1) is 11.4 Å². The molecule has 0 saturated carbocycles. The smallest absolute Gasteiger partial charge is 0.208 e. The van der Waals surface area contributed by atoms with Crippen molar-refractivity contribution in [3.8, 4) is 0 Å². The fourth-order valence-electron chi connectivity index (χ4n) is 1.10. The minimum Gasteiger partial charge on any atom is -0.397 e. The second kappa shape index (κ2) is 3.82. The minimum atomic E-state index is 0.689. The fourth-order valence-corrected chi connectivity index (χ4v) is 1.68. The molecule has 78 valence electrons. The molecule has 2 heterocycles. The molecule has 0 aliphatic carbocycles. The second-order valence-corrected chi connectivity index (χ2v) is 3.89. The van der Waals surface area contributed by atoms with Gasteiger partial charge in [-0.2, -0.15) is 4.37 Å². The summed E-state index contributed by atoms with van der Waals surface area (Å²) in [5.41, 5.74) is 7.17. The molecular weight excluding hydrogens is 210 g/mol. The molecule has 2 aromatic heterocycles. The van der Waals surface area contributed by atoms with Crippen molar-refractivity contribution < 1.29 is 0 Å². The van der Waals surface area contributed by atoms with Crippen LogP contribution in [0.1, 0.15) is 11.5 Å². The fraction of sp³-hybridized carbons (Fsp3) is 0.222. The summed E-state index contributed by atoms with van der Waals surface area (Å²) in [5.74, 6) is 1.49. The monoisotopic (exact) mass is 221 g/mol. The summed E-state index contributed by atoms with van der Waals surface area (Å²) in [6.45, 7) is 3.72. The van der Waals surface area contributed by atoms with E-state index in [4.69, 9.17) is 5.73 Å². The molecule has 0 aliphatic rings. The minimum absolute atomic E-state index is 0.689. The molecule has 0 fully saturated rings. The van der Waals surface area contributed by atoms with Crippen LogP contribution in [-0.2, 0) is 0 Å². The number of rotatable bonds is 2. The normalized spacial score (nSPS) is 10.3. The Morgan fingerprint density at radius 3 is 2.67 bits per heavy atom. The average molecular weight is 221 g/mol. The molecule has 0 spiro atoms. The lowest BCUT2D eigenvalue weighted by molar-refractivity contribution is 1.15. The average Bonchev–Trinajstić information content (AvgIpc) is 2.58. The molecule has 6 heteroatoms. The van der Waals surface area contributed by atoms with Gasteiger partial charge in [-0.15, -0.1) is 0 Å². The van der Waals surface area contributed by atoms with Gasteiger partial charge in [0.1, 0.15) is 11.6 Å². The van der Waals surface area contributed by atoms with Gasteiger partial charge in [0, 0.05) is 11.5 Å². The summed E-state index contributed by atoms with van der Waals surface area (Å²) in [6.07, 6.45) is 0. The van der Waals surface area contributed by atoms with E-state index in [-0.39, 0.29) is 0 Å². The molecule has 0 radical (unpaired) electrons. The Labute approximate surface area is 91.5 Å². The third-order valence-corrected chi connectivity index (χ3v) is 2.61. The Morgan fingerprint density at radius 1 is 1.27 bits per heavy atom. The van der Waals surface area contributed by atoms with Crippen molar-refractivity contribution in [2.75, 3.05) is 11.1 Å². The first-order valence-corrected chi connectivity index (χ1v) is 5.23. The van der Waals surface area contributed by atoms with Crippen LogP contribution in [-0.4, -0.2) is 14.3 Å². The maximum atomic E-state index is 5.67. The van der Waals surface area contributed by atoms with E-state index in [2.05, 4.69) is 19.7 Å². The van der Waals surface area contributed by atoms with E-state index in [9.17, 15) is 0 Å². The zero-order valence-corrected chi connectivity index (χ0v) is 9.30. The maximum absolute atomic E-state index is 5.67. The number of hydrogen-bond acceptors (Lipinski definition) is 6. The zero-order valence-electron chi connectivity index (χ0n) is 8.48. The topological polar surface area (TPSA) is 76.7 Å². The molecule has 2 aromatic rings. The van der Waals surface area contributed by atoms with Crippen LogP contribution in [0.2, 0.25) is 0 Å². The lowest BCUT2D eigenvalue weighted by atomic mass is 10.3. The van der Waals surface area contributed by atoms with Crippen LogP contribution in [0, 0.1) is 13.8 Å². The number of aromatic nitrogens is 3. The molecule has 0 aliphatic heterocycles. The number of nitrogen functional groups attached to an aromatic ring is 1.